The van der Waals surface area contributed by atoms with Crippen LogP contribution in [0.4, 0.5) is 0 Å². The molecule has 0 aliphatic rings. The summed E-state index contributed by atoms with van der Waals surface area (Å²) < 4.78 is 0. The molecule has 1 aromatic heterocycles. The highest BCUT2D eigenvalue weighted by atomic mass is 16.3. The standard InChI is InChI=1S/C10H15NO/c1-8(2)10(3,12)9-6-4-5-7-11-9/h4-8,12H,1-3H3/t10-/m0/s1. The Morgan fingerprint density at radius 1 is 1.42 bits per heavy atom. The molecule has 2 nitrogen and oxygen atoms in total. The van der Waals surface area contributed by atoms with E-state index in [4.69, 9.17) is 0 Å². The van der Waals surface area contributed by atoms with Gasteiger partial charge in [0.15, 0.2) is 0 Å². The van der Waals surface area contributed by atoms with Crippen molar-refractivity contribution in [3.63, 3.8) is 0 Å². The molecular weight excluding hydrogens is 150 g/mol. The average molecular weight is 165 g/mol. The Bertz CT molecular complexity index is 241. The van der Waals surface area contributed by atoms with Crippen LogP contribution in [0.5, 0.6) is 0 Å². The van der Waals surface area contributed by atoms with E-state index in [-0.39, 0.29) is 5.92 Å². The van der Waals surface area contributed by atoms with Crippen LogP contribution in [0.2, 0.25) is 0 Å². The predicted octanol–water partition coefficient (Wildman–Crippen LogP) is 1.95. The third-order valence-corrected chi connectivity index (χ3v) is 2.31. The normalized spacial score (nSPS) is 16.1. The molecule has 1 heterocycles. The summed E-state index contributed by atoms with van der Waals surface area (Å²) in [5.74, 6) is 0.174. The second-order valence-electron chi connectivity index (χ2n) is 3.52. The number of aromatic nitrogens is 1. The van der Waals surface area contributed by atoms with Gasteiger partial charge in [-0.05, 0) is 25.0 Å². The fraction of sp³-hybridized carbons (Fsp3) is 0.500. The van der Waals surface area contributed by atoms with Gasteiger partial charge in [0.25, 0.3) is 0 Å². The van der Waals surface area contributed by atoms with E-state index >= 15 is 0 Å². The Hall–Kier alpha value is -0.890. The van der Waals surface area contributed by atoms with E-state index in [2.05, 4.69) is 4.98 Å². The lowest BCUT2D eigenvalue weighted by atomic mass is 9.89. The minimum Gasteiger partial charge on any atom is -0.384 e. The maximum atomic E-state index is 10.0. The van der Waals surface area contributed by atoms with Crippen LogP contribution in [0.25, 0.3) is 0 Å². The summed E-state index contributed by atoms with van der Waals surface area (Å²) in [5, 5.41) is 10.0. The number of aliphatic hydroxyl groups is 1. The Balaban J connectivity index is 2.98. The van der Waals surface area contributed by atoms with Crippen molar-refractivity contribution in [1.29, 1.82) is 0 Å². The first kappa shape index (κ1) is 9.20. The Labute approximate surface area is 73.3 Å². The fourth-order valence-corrected chi connectivity index (χ4v) is 0.958. The van der Waals surface area contributed by atoms with Gasteiger partial charge in [-0.2, -0.15) is 0 Å². The number of hydrogen-bond donors (Lipinski definition) is 1. The Morgan fingerprint density at radius 3 is 2.50 bits per heavy atom. The van der Waals surface area contributed by atoms with Crippen LogP contribution in [0.15, 0.2) is 24.4 Å². The number of nitrogens with zero attached hydrogens (tertiary/aromatic N) is 1. The van der Waals surface area contributed by atoms with Gasteiger partial charge in [0, 0.05) is 6.20 Å². The molecule has 66 valence electrons. The van der Waals surface area contributed by atoms with Crippen LogP contribution in [-0.2, 0) is 5.60 Å². The first-order chi connectivity index (χ1) is 5.55. The molecule has 1 N–H and O–H groups in total. The molecule has 0 unspecified atom stereocenters. The third kappa shape index (κ3) is 1.64. The summed E-state index contributed by atoms with van der Waals surface area (Å²) in [7, 11) is 0. The van der Waals surface area contributed by atoms with E-state index in [1.165, 1.54) is 0 Å². The molecule has 0 aromatic carbocycles. The summed E-state index contributed by atoms with van der Waals surface area (Å²) in [6.07, 6.45) is 1.70. The molecule has 0 radical (unpaired) electrons. The summed E-state index contributed by atoms with van der Waals surface area (Å²) in [4.78, 5) is 4.12. The minimum atomic E-state index is -0.818. The van der Waals surface area contributed by atoms with Crippen molar-refractivity contribution in [2.75, 3.05) is 0 Å². The van der Waals surface area contributed by atoms with Gasteiger partial charge < -0.3 is 5.11 Å². The third-order valence-electron chi connectivity index (χ3n) is 2.31. The largest absolute Gasteiger partial charge is 0.384 e. The molecule has 2 heteroatoms. The Morgan fingerprint density at radius 2 is 2.08 bits per heavy atom. The first-order valence-corrected chi connectivity index (χ1v) is 4.19. The summed E-state index contributed by atoms with van der Waals surface area (Å²) in [6, 6.07) is 5.58. The lowest BCUT2D eigenvalue weighted by molar-refractivity contribution is 0.00488. The van der Waals surface area contributed by atoms with Gasteiger partial charge in [-0.1, -0.05) is 19.9 Å². The summed E-state index contributed by atoms with van der Waals surface area (Å²) in [6.45, 7) is 5.75. The molecule has 1 atom stereocenters. The second kappa shape index (κ2) is 3.23. The van der Waals surface area contributed by atoms with Crippen molar-refractivity contribution in [3.05, 3.63) is 30.1 Å². The molecule has 0 aliphatic carbocycles. The van der Waals surface area contributed by atoms with Crippen molar-refractivity contribution in [3.8, 4) is 0 Å². The van der Waals surface area contributed by atoms with Gasteiger partial charge in [-0.15, -0.1) is 0 Å². The maximum absolute atomic E-state index is 10.0. The highest BCUT2D eigenvalue weighted by Crippen LogP contribution is 2.26. The predicted molar refractivity (Wildman–Crippen MR) is 48.6 cm³/mol. The first-order valence-electron chi connectivity index (χ1n) is 4.19. The summed E-state index contributed by atoms with van der Waals surface area (Å²) >= 11 is 0. The topological polar surface area (TPSA) is 33.1 Å². The van der Waals surface area contributed by atoms with Crippen LogP contribution in [-0.4, -0.2) is 10.1 Å². The molecule has 0 spiro atoms. The van der Waals surface area contributed by atoms with E-state index < -0.39 is 5.60 Å². The van der Waals surface area contributed by atoms with Gasteiger partial charge >= 0.3 is 0 Å². The van der Waals surface area contributed by atoms with E-state index in [1.807, 2.05) is 32.0 Å². The highest BCUT2D eigenvalue weighted by Gasteiger charge is 2.27. The average Bonchev–Trinajstić information content (AvgIpc) is 2.06. The molecule has 1 aromatic rings. The quantitative estimate of drug-likeness (QED) is 0.726. The SMILES string of the molecule is CC(C)[C@](C)(O)c1ccccn1. The zero-order chi connectivity index (χ0) is 9.19. The van der Waals surface area contributed by atoms with Crippen molar-refractivity contribution in [2.45, 2.75) is 26.4 Å². The number of hydrogen-bond acceptors (Lipinski definition) is 2. The van der Waals surface area contributed by atoms with E-state index in [0.717, 1.165) is 5.69 Å². The van der Waals surface area contributed by atoms with Gasteiger partial charge in [-0.3, -0.25) is 4.98 Å². The Kier molecular flexibility index (Phi) is 2.48. The summed E-state index contributed by atoms with van der Waals surface area (Å²) in [5.41, 5.74) is -0.0821. The molecule has 0 bridgehead atoms. The van der Waals surface area contributed by atoms with Gasteiger partial charge in [0.1, 0.15) is 5.60 Å². The number of pyridine rings is 1. The van der Waals surface area contributed by atoms with Crippen molar-refractivity contribution in [2.24, 2.45) is 5.92 Å². The fourth-order valence-electron chi connectivity index (χ4n) is 0.958. The monoisotopic (exact) mass is 165 g/mol. The van der Waals surface area contributed by atoms with Crippen LogP contribution in [0, 0.1) is 5.92 Å². The molecule has 0 aliphatic heterocycles. The van der Waals surface area contributed by atoms with Crippen LogP contribution in [0.3, 0.4) is 0 Å². The minimum absolute atomic E-state index is 0.174. The zero-order valence-electron chi connectivity index (χ0n) is 7.78. The molecule has 12 heavy (non-hydrogen) atoms. The molecule has 0 amide bonds. The number of rotatable bonds is 2. The second-order valence-corrected chi connectivity index (χ2v) is 3.52. The maximum Gasteiger partial charge on any atom is 0.106 e. The lowest BCUT2D eigenvalue weighted by Gasteiger charge is -2.26. The van der Waals surface area contributed by atoms with Crippen molar-refractivity contribution >= 4 is 0 Å². The molecule has 0 saturated heterocycles. The molecule has 0 saturated carbocycles. The zero-order valence-corrected chi connectivity index (χ0v) is 7.78. The smallest absolute Gasteiger partial charge is 0.106 e. The van der Waals surface area contributed by atoms with Crippen LogP contribution >= 0.6 is 0 Å². The highest BCUT2D eigenvalue weighted by molar-refractivity contribution is 5.12. The van der Waals surface area contributed by atoms with E-state index in [9.17, 15) is 5.11 Å². The molecule has 0 fully saturated rings. The van der Waals surface area contributed by atoms with Crippen LogP contribution < -0.4 is 0 Å². The van der Waals surface area contributed by atoms with Crippen molar-refractivity contribution < 1.29 is 5.11 Å². The molecule has 1 rings (SSSR count). The van der Waals surface area contributed by atoms with Crippen LogP contribution in [0.1, 0.15) is 26.5 Å². The molecular formula is C10H15NO. The van der Waals surface area contributed by atoms with Gasteiger partial charge in [-0.25, -0.2) is 0 Å². The van der Waals surface area contributed by atoms with E-state index in [0.29, 0.717) is 0 Å². The van der Waals surface area contributed by atoms with E-state index in [1.54, 1.807) is 13.1 Å². The lowest BCUT2D eigenvalue weighted by Crippen LogP contribution is -2.28. The van der Waals surface area contributed by atoms with Gasteiger partial charge in [0.05, 0.1) is 5.69 Å². The van der Waals surface area contributed by atoms with Crippen molar-refractivity contribution in [1.82, 2.24) is 4.98 Å². The van der Waals surface area contributed by atoms with Gasteiger partial charge in [0.2, 0.25) is 0 Å².